The Kier molecular flexibility index (Phi) is 6.73. The lowest BCUT2D eigenvalue weighted by Gasteiger charge is -2.13. The van der Waals surface area contributed by atoms with Crippen LogP contribution in [0, 0.1) is 0 Å². The molecule has 0 saturated heterocycles. The molecular formula is C49H31N3S. The average molecular weight is 694 g/mol. The van der Waals surface area contributed by atoms with Crippen LogP contribution in [0.1, 0.15) is 0 Å². The van der Waals surface area contributed by atoms with E-state index in [0.29, 0.717) is 0 Å². The smallest absolute Gasteiger partial charge is 0.145 e. The quantitative estimate of drug-likeness (QED) is 0.176. The number of hydrogen-bond acceptors (Lipinski definition) is 2. The molecule has 53 heavy (non-hydrogen) atoms. The summed E-state index contributed by atoms with van der Waals surface area (Å²) in [5.74, 6) is 0.927. The van der Waals surface area contributed by atoms with Crippen LogP contribution >= 0.6 is 11.3 Å². The van der Waals surface area contributed by atoms with Gasteiger partial charge in [0.15, 0.2) is 0 Å². The summed E-state index contributed by atoms with van der Waals surface area (Å²) in [6.07, 6.45) is 0. The molecule has 0 aliphatic rings. The van der Waals surface area contributed by atoms with Gasteiger partial charge in [-0.1, -0.05) is 115 Å². The summed E-state index contributed by atoms with van der Waals surface area (Å²) in [6.45, 7) is 0. The van der Waals surface area contributed by atoms with Gasteiger partial charge >= 0.3 is 0 Å². The predicted molar refractivity (Wildman–Crippen MR) is 225 cm³/mol. The fraction of sp³-hybridized carbons (Fsp3) is 0. The molecule has 0 fully saturated rings. The van der Waals surface area contributed by atoms with E-state index in [-0.39, 0.29) is 0 Å². The molecular weight excluding hydrogens is 663 g/mol. The minimum absolute atomic E-state index is 0.927. The minimum Gasteiger partial charge on any atom is -0.309 e. The van der Waals surface area contributed by atoms with E-state index in [9.17, 15) is 0 Å². The number of aromatic nitrogens is 3. The second-order valence-corrected chi connectivity index (χ2v) is 14.7. The SMILES string of the molecule is c1ccc(-c2ccc(-c3nc4ccccc4n3-c3ccc(-n4c5ccccc5c5cc(-c6ccc7sc8ccccc8c7c6)ccc54)cc3)cc2)cc1. The number of rotatable bonds is 5. The van der Waals surface area contributed by atoms with E-state index < -0.39 is 0 Å². The van der Waals surface area contributed by atoms with Crippen molar-refractivity contribution in [3.8, 4) is 45.0 Å². The highest BCUT2D eigenvalue weighted by atomic mass is 32.1. The van der Waals surface area contributed by atoms with Gasteiger partial charge in [0.05, 0.1) is 22.1 Å². The van der Waals surface area contributed by atoms with Crippen LogP contribution in [0.4, 0.5) is 0 Å². The van der Waals surface area contributed by atoms with Gasteiger partial charge in [0.25, 0.3) is 0 Å². The van der Waals surface area contributed by atoms with E-state index in [1.807, 2.05) is 11.3 Å². The highest BCUT2D eigenvalue weighted by Gasteiger charge is 2.17. The monoisotopic (exact) mass is 693 g/mol. The number of fused-ring (bicyclic) bond motifs is 7. The van der Waals surface area contributed by atoms with Gasteiger partial charge < -0.3 is 4.57 Å². The summed E-state index contributed by atoms with van der Waals surface area (Å²) in [5, 5.41) is 5.15. The maximum Gasteiger partial charge on any atom is 0.145 e. The van der Waals surface area contributed by atoms with E-state index in [2.05, 4.69) is 197 Å². The zero-order valence-electron chi connectivity index (χ0n) is 28.6. The van der Waals surface area contributed by atoms with Crippen molar-refractivity contribution in [3.05, 3.63) is 188 Å². The number of imidazole rings is 1. The maximum absolute atomic E-state index is 5.14. The van der Waals surface area contributed by atoms with Crippen LogP contribution in [-0.2, 0) is 0 Å². The first-order valence-electron chi connectivity index (χ1n) is 18.0. The summed E-state index contributed by atoms with van der Waals surface area (Å²) in [7, 11) is 0. The average Bonchev–Trinajstić information content (AvgIpc) is 3.91. The minimum atomic E-state index is 0.927. The Morgan fingerprint density at radius 2 is 0.887 bits per heavy atom. The number of nitrogens with zero attached hydrogens (tertiary/aromatic N) is 3. The van der Waals surface area contributed by atoms with Gasteiger partial charge in [0.2, 0.25) is 0 Å². The Hall–Kier alpha value is -6.75. The molecule has 0 N–H and O–H groups in total. The molecule has 3 nitrogen and oxygen atoms in total. The van der Waals surface area contributed by atoms with Gasteiger partial charge in [-0.25, -0.2) is 4.98 Å². The molecule has 0 radical (unpaired) electrons. The highest BCUT2D eigenvalue weighted by Crippen LogP contribution is 2.39. The first kappa shape index (κ1) is 29.9. The van der Waals surface area contributed by atoms with E-state index in [1.54, 1.807) is 0 Å². The predicted octanol–water partition coefficient (Wildman–Crippen LogP) is 13.5. The van der Waals surface area contributed by atoms with E-state index in [1.165, 1.54) is 64.2 Å². The normalized spacial score (nSPS) is 11.8. The lowest BCUT2D eigenvalue weighted by molar-refractivity contribution is 1.09. The van der Waals surface area contributed by atoms with Crippen LogP contribution in [0.5, 0.6) is 0 Å². The number of hydrogen-bond donors (Lipinski definition) is 0. The van der Waals surface area contributed by atoms with Crippen molar-refractivity contribution >= 4 is 64.3 Å². The lowest BCUT2D eigenvalue weighted by atomic mass is 10.0. The second-order valence-electron chi connectivity index (χ2n) is 13.6. The molecule has 0 amide bonds. The topological polar surface area (TPSA) is 22.8 Å². The van der Waals surface area contributed by atoms with Gasteiger partial charge in [-0.15, -0.1) is 11.3 Å². The van der Waals surface area contributed by atoms with Gasteiger partial charge in [0, 0.05) is 47.9 Å². The standard InChI is InChI=1S/C49H31N3S/c1-2-10-32(11-3-1)33-18-20-34(21-19-33)49-50-43-14-6-8-16-46(43)52(49)38-26-24-37(25-27-38)51-44-15-7-4-12-39(44)41-30-35(22-28-45(41)51)36-23-29-48-42(31-36)40-13-5-9-17-47(40)53-48/h1-31H. The van der Waals surface area contributed by atoms with Crippen molar-refractivity contribution in [2.45, 2.75) is 0 Å². The second kappa shape index (κ2) is 11.9. The lowest BCUT2D eigenvalue weighted by Crippen LogP contribution is -1.99. The van der Waals surface area contributed by atoms with Gasteiger partial charge in [0.1, 0.15) is 5.82 Å². The third-order valence-corrected chi connectivity index (χ3v) is 11.7. The zero-order chi connectivity index (χ0) is 34.9. The van der Waals surface area contributed by atoms with Crippen molar-refractivity contribution < 1.29 is 0 Å². The maximum atomic E-state index is 5.14. The molecule has 4 heteroatoms. The Morgan fingerprint density at radius 3 is 1.70 bits per heavy atom. The fourth-order valence-corrected chi connectivity index (χ4v) is 9.10. The third kappa shape index (κ3) is 4.84. The summed E-state index contributed by atoms with van der Waals surface area (Å²) in [5.41, 5.74) is 12.6. The van der Waals surface area contributed by atoms with Crippen molar-refractivity contribution in [1.29, 1.82) is 0 Å². The van der Waals surface area contributed by atoms with Crippen LogP contribution in [0.3, 0.4) is 0 Å². The molecule has 0 atom stereocenters. The van der Waals surface area contributed by atoms with Crippen LogP contribution < -0.4 is 0 Å². The Morgan fingerprint density at radius 1 is 0.340 bits per heavy atom. The first-order valence-corrected chi connectivity index (χ1v) is 18.8. The van der Waals surface area contributed by atoms with Gasteiger partial charge in [-0.2, -0.15) is 0 Å². The Labute approximate surface area is 310 Å². The first-order chi connectivity index (χ1) is 26.3. The molecule has 11 aromatic rings. The molecule has 3 aromatic heterocycles. The van der Waals surface area contributed by atoms with Gasteiger partial charge in [-0.05, 0) is 95.1 Å². The van der Waals surface area contributed by atoms with Crippen LogP contribution in [0.25, 0.3) is 98.0 Å². The van der Waals surface area contributed by atoms with E-state index in [0.717, 1.165) is 33.8 Å². The zero-order valence-corrected chi connectivity index (χ0v) is 29.5. The van der Waals surface area contributed by atoms with Crippen molar-refractivity contribution in [3.63, 3.8) is 0 Å². The summed E-state index contributed by atoms with van der Waals surface area (Å²) in [4.78, 5) is 5.14. The molecule has 0 unspecified atom stereocenters. The van der Waals surface area contributed by atoms with Crippen molar-refractivity contribution in [1.82, 2.24) is 14.1 Å². The fourth-order valence-electron chi connectivity index (χ4n) is 8.01. The van der Waals surface area contributed by atoms with Crippen molar-refractivity contribution in [2.24, 2.45) is 0 Å². The van der Waals surface area contributed by atoms with Crippen LogP contribution in [0.15, 0.2) is 188 Å². The number of para-hydroxylation sites is 3. The molecule has 0 aliphatic carbocycles. The molecule has 11 rings (SSSR count). The van der Waals surface area contributed by atoms with E-state index >= 15 is 0 Å². The molecule has 0 bridgehead atoms. The summed E-state index contributed by atoms with van der Waals surface area (Å²) >= 11 is 1.86. The molecule has 0 aliphatic heterocycles. The van der Waals surface area contributed by atoms with E-state index in [4.69, 9.17) is 4.98 Å². The molecule has 3 heterocycles. The molecule has 248 valence electrons. The van der Waals surface area contributed by atoms with Crippen LogP contribution in [0.2, 0.25) is 0 Å². The Bertz CT molecular complexity index is 3150. The molecule has 0 saturated carbocycles. The van der Waals surface area contributed by atoms with Crippen LogP contribution in [-0.4, -0.2) is 14.1 Å². The summed E-state index contributed by atoms with van der Waals surface area (Å²) in [6, 6.07) is 67.9. The molecule has 0 spiro atoms. The third-order valence-electron chi connectivity index (χ3n) is 10.6. The van der Waals surface area contributed by atoms with Gasteiger partial charge in [-0.3, -0.25) is 4.57 Å². The number of thiophene rings is 1. The summed E-state index contributed by atoms with van der Waals surface area (Å²) < 4.78 is 7.33. The highest BCUT2D eigenvalue weighted by molar-refractivity contribution is 7.25. The van der Waals surface area contributed by atoms with Crippen molar-refractivity contribution in [2.75, 3.05) is 0 Å². The Balaban J connectivity index is 1.01. The largest absolute Gasteiger partial charge is 0.309 e. The number of benzene rings is 8. The molecule has 8 aromatic carbocycles.